The molecule has 100 valence electrons. The molecule has 0 unspecified atom stereocenters. The number of ether oxygens (including phenoxy) is 1. The molecular weight excluding hydrogens is 262 g/mol. The molecular formula is C13H9N3O4. The van der Waals surface area contributed by atoms with E-state index in [-0.39, 0.29) is 12.3 Å². The lowest BCUT2D eigenvalue weighted by Crippen LogP contribution is -2.07. The van der Waals surface area contributed by atoms with Crippen LogP contribution in [-0.2, 0) is 11.3 Å². The third-order valence-corrected chi connectivity index (χ3v) is 2.45. The molecule has 0 aliphatic heterocycles. The van der Waals surface area contributed by atoms with Gasteiger partial charge < -0.3 is 13.7 Å². The molecule has 0 fully saturated rings. The van der Waals surface area contributed by atoms with Gasteiger partial charge >= 0.3 is 5.97 Å². The smallest absolute Gasteiger partial charge is 0.358 e. The lowest BCUT2D eigenvalue weighted by molar-refractivity contribution is 0.0456. The highest BCUT2D eigenvalue weighted by Crippen LogP contribution is 2.20. The van der Waals surface area contributed by atoms with E-state index in [1.54, 1.807) is 18.2 Å². The van der Waals surface area contributed by atoms with Crippen LogP contribution in [0.25, 0.3) is 11.5 Å². The molecule has 3 aromatic rings. The number of esters is 1. The van der Waals surface area contributed by atoms with Crippen LogP contribution in [0.1, 0.15) is 16.2 Å². The van der Waals surface area contributed by atoms with Crippen LogP contribution in [-0.4, -0.2) is 21.1 Å². The first-order chi connectivity index (χ1) is 9.83. The first-order valence-electron chi connectivity index (χ1n) is 5.75. The minimum Gasteiger partial charge on any atom is -0.461 e. The zero-order valence-corrected chi connectivity index (χ0v) is 10.2. The Labute approximate surface area is 113 Å². The Balaban J connectivity index is 1.63. The van der Waals surface area contributed by atoms with E-state index in [0.29, 0.717) is 17.2 Å². The summed E-state index contributed by atoms with van der Waals surface area (Å²) in [6.07, 6.45) is 5.76. The van der Waals surface area contributed by atoms with E-state index >= 15 is 0 Å². The summed E-state index contributed by atoms with van der Waals surface area (Å²) in [7, 11) is 0. The van der Waals surface area contributed by atoms with E-state index in [1.807, 2.05) is 0 Å². The molecule has 3 rings (SSSR count). The molecule has 0 aliphatic carbocycles. The highest BCUT2D eigenvalue weighted by Gasteiger charge is 2.12. The Hall–Kier alpha value is -2.96. The Bertz CT molecular complexity index is 692. The lowest BCUT2D eigenvalue weighted by Gasteiger charge is -2.00. The van der Waals surface area contributed by atoms with Gasteiger partial charge in [0.25, 0.3) is 0 Å². The fourth-order valence-electron chi connectivity index (χ4n) is 1.53. The second kappa shape index (κ2) is 5.35. The molecule has 0 bridgehead atoms. The summed E-state index contributed by atoms with van der Waals surface area (Å²) in [5, 5.41) is 3.79. The summed E-state index contributed by atoms with van der Waals surface area (Å²) in [6, 6.07) is 5.13. The molecule has 0 atom stereocenters. The van der Waals surface area contributed by atoms with Crippen LogP contribution < -0.4 is 0 Å². The Morgan fingerprint density at radius 2 is 2.25 bits per heavy atom. The number of carbonyl (C=O) groups is 1. The maximum absolute atomic E-state index is 11.7. The van der Waals surface area contributed by atoms with Crippen molar-refractivity contribution in [3.05, 3.63) is 54.4 Å². The predicted octanol–water partition coefficient (Wildman–Crippen LogP) is 2.08. The summed E-state index contributed by atoms with van der Waals surface area (Å²) in [6.45, 7) is -0.0143. The average Bonchev–Trinajstić information content (AvgIpc) is 3.16. The van der Waals surface area contributed by atoms with Crippen LogP contribution in [0.4, 0.5) is 0 Å². The van der Waals surface area contributed by atoms with Crippen molar-refractivity contribution < 1.29 is 18.5 Å². The molecule has 0 saturated carbocycles. The highest BCUT2D eigenvalue weighted by atomic mass is 16.5. The first-order valence-corrected chi connectivity index (χ1v) is 5.75. The Morgan fingerprint density at radius 3 is 3.00 bits per heavy atom. The van der Waals surface area contributed by atoms with Crippen molar-refractivity contribution in [2.24, 2.45) is 0 Å². The van der Waals surface area contributed by atoms with Gasteiger partial charge in [0.1, 0.15) is 12.3 Å². The highest BCUT2D eigenvalue weighted by molar-refractivity contribution is 5.86. The van der Waals surface area contributed by atoms with E-state index < -0.39 is 5.97 Å². The van der Waals surface area contributed by atoms with Gasteiger partial charge in [-0.2, -0.15) is 0 Å². The molecule has 0 N–H and O–H groups in total. The van der Waals surface area contributed by atoms with Gasteiger partial charge in [0.15, 0.2) is 11.5 Å². The molecule has 0 amide bonds. The lowest BCUT2D eigenvalue weighted by atomic mass is 10.3. The number of hydrogen-bond donors (Lipinski definition) is 0. The molecule has 0 aliphatic rings. The fraction of sp³-hybridized carbons (Fsp3) is 0.0769. The van der Waals surface area contributed by atoms with Crippen molar-refractivity contribution in [3.63, 3.8) is 0 Å². The Morgan fingerprint density at radius 1 is 1.30 bits per heavy atom. The van der Waals surface area contributed by atoms with Crippen molar-refractivity contribution in [2.45, 2.75) is 6.61 Å². The number of hydrogen-bond acceptors (Lipinski definition) is 7. The molecule has 7 heteroatoms. The number of aromatic nitrogens is 3. The minimum atomic E-state index is -0.569. The summed E-state index contributed by atoms with van der Waals surface area (Å²) < 4.78 is 15.3. The molecule has 0 spiro atoms. The van der Waals surface area contributed by atoms with E-state index in [2.05, 4.69) is 15.1 Å². The number of rotatable bonds is 4. The summed E-state index contributed by atoms with van der Waals surface area (Å²) in [5.41, 5.74) is 0.621. The van der Waals surface area contributed by atoms with Gasteiger partial charge in [0, 0.05) is 18.5 Å². The molecule has 7 nitrogen and oxygen atoms in total. The third kappa shape index (κ3) is 2.56. The van der Waals surface area contributed by atoms with Crippen LogP contribution >= 0.6 is 0 Å². The zero-order chi connectivity index (χ0) is 13.8. The number of nitrogens with zero attached hydrogens (tertiary/aromatic N) is 3. The minimum absolute atomic E-state index is 0.0143. The zero-order valence-electron chi connectivity index (χ0n) is 10.2. The van der Waals surface area contributed by atoms with Crippen LogP contribution in [0, 0.1) is 0 Å². The summed E-state index contributed by atoms with van der Waals surface area (Å²) >= 11 is 0. The molecule has 3 aromatic heterocycles. The Kier molecular flexibility index (Phi) is 3.24. The van der Waals surface area contributed by atoms with Crippen molar-refractivity contribution >= 4 is 5.97 Å². The first kappa shape index (κ1) is 12.1. The quantitative estimate of drug-likeness (QED) is 0.671. The van der Waals surface area contributed by atoms with Gasteiger partial charge in [0.2, 0.25) is 5.76 Å². The maximum Gasteiger partial charge on any atom is 0.358 e. The van der Waals surface area contributed by atoms with E-state index in [4.69, 9.17) is 13.7 Å². The fourth-order valence-corrected chi connectivity index (χ4v) is 1.53. The van der Waals surface area contributed by atoms with Crippen molar-refractivity contribution in [3.8, 4) is 11.5 Å². The third-order valence-electron chi connectivity index (χ3n) is 2.45. The second-order valence-corrected chi connectivity index (χ2v) is 3.83. The average molecular weight is 271 g/mol. The predicted molar refractivity (Wildman–Crippen MR) is 65.4 cm³/mol. The number of furan rings is 1. The SMILES string of the molecule is O=C(OCc1cc(-c2ccco2)on1)c1cnccn1. The monoisotopic (exact) mass is 271 g/mol. The van der Waals surface area contributed by atoms with Crippen molar-refractivity contribution in [1.82, 2.24) is 15.1 Å². The molecule has 20 heavy (non-hydrogen) atoms. The van der Waals surface area contributed by atoms with Crippen LogP contribution in [0.5, 0.6) is 0 Å². The number of carbonyl (C=O) groups excluding carboxylic acids is 1. The van der Waals surface area contributed by atoms with Gasteiger partial charge in [0.05, 0.1) is 12.5 Å². The van der Waals surface area contributed by atoms with E-state index in [1.165, 1.54) is 24.9 Å². The summed E-state index contributed by atoms with van der Waals surface area (Å²) in [5.74, 6) is 0.463. The van der Waals surface area contributed by atoms with E-state index in [0.717, 1.165) is 0 Å². The van der Waals surface area contributed by atoms with E-state index in [9.17, 15) is 4.79 Å². The van der Waals surface area contributed by atoms with Crippen LogP contribution in [0.2, 0.25) is 0 Å². The van der Waals surface area contributed by atoms with Gasteiger partial charge in [-0.25, -0.2) is 9.78 Å². The molecule has 0 saturated heterocycles. The van der Waals surface area contributed by atoms with Gasteiger partial charge in [-0.3, -0.25) is 4.98 Å². The van der Waals surface area contributed by atoms with Gasteiger partial charge in [-0.15, -0.1) is 0 Å². The summed E-state index contributed by atoms with van der Waals surface area (Å²) in [4.78, 5) is 19.3. The standard InChI is InChI=1S/C13H9N3O4/c17-13(10-7-14-3-4-15-10)19-8-9-6-12(20-16-9)11-2-1-5-18-11/h1-7H,8H2. The molecule has 3 heterocycles. The van der Waals surface area contributed by atoms with Crippen molar-refractivity contribution in [2.75, 3.05) is 0 Å². The maximum atomic E-state index is 11.7. The second-order valence-electron chi connectivity index (χ2n) is 3.83. The normalized spacial score (nSPS) is 10.4. The topological polar surface area (TPSA) is 91.2 Å². The van der Waals surface area contributed by atoms with Crippen LogP contribution in [0.15, 0.2) is 52.0 Å². The van der Waals surface area contributed by atoms with Gasteiger partial charge in [-0.05, 0) is 12.1 Å². The molecule has 0 radical (unpaired) electrons. The van der Waals surface area contributed by atoms with Gasteiger partial charge in [-0.1, -0.05) is 5.16 Å². The van der Waals surface area contributed by atoms with Crippen LogP contribution in [0.3, 0.4) is 0 Å². The van der Waals surface area contributed by atoms with Crippen molar-refractivity contribution in [1.29, 1.82) is 0 Å². The molecule has 0 aromatic carbocycles. The largest absolute Gasteiger partial charge is 0.461 e.